The summed E-state index contributed by atoms with van der Waals surface area (Å²) < 4.78 is 1.66. The quantitative estimate of drug-likeness (QED) is 0.520. The smallest absolute Gasteiger partial charge is 0.214 e. The number of hydrogen-bond donors (Lipinski definition) is 0. The molecule has 3 aromatic rings. The molecule has 0 fully saturated rings. The zero-order valence-corrected chi connectivity index (χ0v) is 14.7. The van der Waals surface area contributed by atoms with E-state index in [2.05, 4.69) is 27.7 Å². The van der Waals surface area contributed by atoms with Crippen LogP contribution in [0.5, 0.6) is 0 Å². The predicted molar refractivity (Wildman–Crippen MR) is 97.3 cm³/mol. The van der Waals surface area contributed by atoms with Crippen molar-refractivity contribution >= 4 is 17.5 Å². The number of fused-ring (bicyclic) bond motifs is 1. The van der Waals surface area contributed by atoms with Crippen LogP contribution >= 0.6 is 11.8 Å². The van der Waals surface area contributed by atoms with Crippen molar-refractivity contribution in [3.8, 4) is 5.69 Å². The zero-order valence-electron chi connectivity index (χ0n) is 13.9. The molecule has 1 aromatic heterocycles. The highest BCUT2D eigenvalue weighted by molar-refractivity contribution is 8.00. The highest BCUT2D eigenvalue weighted by atomic mass is 32.2. The van der Waals surface area contributed by atoms with Crippen molar-refractivity contribution < 1.29 is 4.79 Å². The van der Waals surface area contributed by atoms with Gasteiger partial charge in [0, 0.05) is 5.56 Å². The molecule has 6 heteroatoms. The molecule has 4 rings (SSSR count). The highest BCUT2D eigenvalue weighted by Crippen LogP contribution is 2.28. The van der Waals surface area contributed by atoms with E-state index in [4.69, 9.17) is 0 Å². The van der Waals surface area contributed by atoms with Crippen molar-refractivity contribution in [3.05, 3.63) is 65.2 Å². The number of nitrogens with zero attached hydrogens (tertiary/aromatic N) is 4. The summed E-state index contributed by atoms with van der Waals surface area (Å²) in [6, 6.07) is 15.8. The Labute approximate surface area is 150 Å². The van der Waals surface area contributed by atoms with Gasteiger partial charge >= 0.3 is 0 Å². The van der Waals surface area contributed by atoms with Gasteiger partial charge in [0.2, 0.25) is 5.16 Å². The lowest BCUT2D eigenvalue weighted by Crippen LogP contribution is -2.15. The van der Waals surface area contributed by atoms with Gasteiger partial charge in [-0.05, 0) is 65.9 Å². The van der Waals surface area contributed by atoms with Crippen molar-refractivity contribution in [3.63, 3.8) is 0 Å². The molecule has 1 heterocycles. The maximum atomic E-state index is 12.8. The number of carbonyl (C=O) groups is 1. The summed E-state index contributed by atoms with van der Waals surface area (Å²) >= 11 is 1.39. The number of aromatic nitrogens is 4. The van der Waals surface area contributed by atoms with Gasteiger partial charge in [0.05, 0.1) is 10.9 Å². The average molecular weight is 350 g/mol. The Hall–Kier alpha value is -2.47. The van der Waals surface area contributed by atoms with Gasteiger partial charge in [-0.1, -0.05) is 42.1 Å². The Morgan fingerprint density at radius 1 is 1.12 bits per heavy atom. The van der Waals surface area contributed by atoms with E-state index in [1.54, 1.807) is 4.68 Å². The van der Waals surface area contributed by atoms with Crippen LogP contribution in [0.25, 0.3) is 5.69 Å². The molecular formula is C19H18N4OS. The van der Waals surface area contributed by atoms with Crippen LogP contribution in [-0.4, -0.2) is 31.2 Å². The Morgan fingerprint density at radius 3 is 2.76 bits per heavy atom. The van der Waals surface area contributed by atoms with E-state index >= 15 is 0 Å². The standard InChI is InChI=1S/C19H18N4OS/c1-13(18(24)16-11-10-14-6-5-7-15(14)12-16)25-19-20-21-22-23(19)17-8-3-2-4-9-17/h2-4,8-13H,5-7H2,1H3. The summed E-state index contributed by atoms with van der Waals surface area (Å²) in [6.45, 7) is 1.91. The van der Waals surface area contributed by atoms with E-state index in [1.165, 1.54) is 29.3 Å². The Morgan fingerprint density at radius 2 is 1.92 bits per heavy atom. The Bertz CT molecular complexity index is 907. The molecular weight excluding hydrogens is 332 g/mol. The molecule has 2 aromatic carbocycles. The number of thioether (sulfide) groups is 1. The summed E-state index contributed by atoms with van der Waals surface area (Å²) in [7, 11) is 0. The fourth-order valence-electron chi connectivity index (χ4n) is 3.16. The first-order chi connectivity index (χ1) is 12.2. The van der Waals surface area contributed by atoms with E-state index in [1.807, 2.05) is 43.3 Å². The fraction of sp³-hybridized carbons (Fsp3) is 0.263. The van der Waals surface area contributed by atoms with Crippen LogP contribution < -0.4 is 0 Å². The number of carbonyl (C=O) groups excluding carboxylic acids is 1. The molecule has 1 aliphatic rings. The highest BCUT2D eigenvalue weighted by Gasteiger charge is 2.22. The molecule has 1 aliphatic carbocycles. The monoisotopic (exact) mass is 350 g/mol. The Balaban J connectivity index is 1.54. The molecule has 0 spiro atoms. The number of para-hydroxylation sites is 1. The lowest BCUT2D eigenvalue weighted by molar-refractivity contribution is 0.0993. The summed E-state index contributed by atoms with van der Waals surface area (Å²) in [5.41, 5.74) is 4.36. The van der Waals surface area contributed by atoms with Crippen LogP contribution in [0.15, 0.2) is 53.7 Å². The van der Waals surface area contributed by atoms with E-state index in [0.29, 0.717) is 5.16 Å². The predicted octanol–water partition coefficient (Wildman–Crippen LogP) is 3.51. The number of benzene rings is 2. The number of aryl methyl sites for hydroxylation is 2. The summed E-state index contributed by atoms with van der Waals surface area (Å²) in [5, 5.41) is 12.2. The summed E-state index contributed by atoms with van der Waals surface area (Å²) in [4.78, 5) is 12.8. The molecule has 1 atom stereocenters. The molecule has 0 bridgehead atoms. The number of tetrazole rings is 1. The van der Waals surface area contributed by atoms with Crippen LogP contribution in [-0.2, 0) is 12.8 Å². The minimum Gasteiger partial charge on any atom is -0.293 e. The lowest BCUT2D eigenvalue weighted by atomic mass is 10.0. The van der Waals surface area contributed by atoms with Crippen LogP contribution in [0.2, 0.25) is 0 Å². The first-order valence-electron chi connectivity index (χ1n) is 8.39. The fourth-order valence-corrected chi connectivity index (χ4v) is 4.04. The molecule has 1 unspecified atom stereocenters. The van der Waals surface area contributed by atoms with Crippen molar-refractivity contribution in [2.75, 3.05) is 0 Å². The largest absolute Gasteiger partial charge is 0.293 e. The molecule has 0 aliphatic heterocycles. The third-order valence-corrected chi connectivity index (χ3v) is 5.51. The molecule has 126 valence electrons. The second kappa shape index (κ2) is 6.80. The second-order valence-electron chi connectivity index (χ2n) is 6.17. The van der Waals surface area contributed by atoms with Crippen molar-refractivity contribution in [1.29, 1.82) is 0 Å². The van der Waals surface area contributed by atoms with Gasteiger partial charge in [-0.25, -0.2) is 0 Å². The van der Waals surface area contributed by atoms with Crippen molar-refractivity contribution in [1.82, 2.24) is 20.2 Å². The summed E-state index contributed by atoms with van der Waals surface area (Å²) in [5.74, 6) is 0.113. The van der Waals surface area contributed by atoms with Gasteiger partial charge < -0.3 is 0 Å². The van der Waals surface area contributed by atoms with Crippen LogP contribution in [0.3, 0.4) is 0 Å². The molecule has 0 saturated heterocycles. The van der Waals surface area contributed by atoms with Gasteiger partial charge in [-0.2, -0.15) is 4.68 Å². The molecule has 0 N–H and O–H groups in total. The first kappa shape index (κ1) is 16.0. The second-order valence-corrected chi connectivity index (χ2v) is 7.48. The van der Waals surface area contributed by atoms with Crippen LogP contribution in [0, 0.1) is 0 Å². The van der Waals surface area contributed by atoms with E-state index < -0.39 is 0 Å². The average Bonchev–Trinajstić information content (AvgIpc) is 3.30. The van der Waals surface area contributed by atoms with Gasteiger partial charge in [-0.15, -0.1) is 5.10 Å². The third kappa shape index (κ3) is 3.22. The maximum absolute atomic E-state index is 12.8. The number of hydrogen-bond acceptors (Lipinski definition) is 5. The maximum Gasteiger partial charge on any atom is 0.214 e. The minimum atomic E-state index is -0.257. The third-order valence-electron chi connectivity index (χ3n) is 4.48. The number of ketones is 1. The lowest BCUT2D eigenvalue weighted by Gasteiger charge is -2.11. The number of rotatable bonds is 5. The van der Waals surface area contributed by atoms with Crippen LogP contribution in [0.4, 0.5) is 0 Å². The van der Waals surface area contributed by atoms with Crippen molar-refractivity contribution in [2.45, 2.75) is 36.6 Å². The van der Waals surface area contributed by atoms with Gasteiger partial charge in [-0.3, -0.25) is 4.79 Å². The summed E-state index contributed by atoms with van der Waals surface area (Å²) in [6.07, 6.45) is 3.38. The van der Waals surface area contributed by atoms with E-state index in [0.717, 1.165) is 24.1 Å². The van der Waals surface area contributed by atoms with Crippen molar-refractivity contribution in [2.24, 2.45) is 0 Å². The van der Waals surface area contributed by atoms with E-state index in [9.17, 15) is 4.79 Å². The molecule has 0 radical (unpaired) electrons. The SMILES string of the molecule is CC(Sc1nnnn1-c1ccccc1)C(=O)c1ccc2c(c1)CCC2. The molecule has 0 amide bonds. The Kier molecular flexibility index (Phi) is 4.36. The van der Waals surface area contributed by atoms with Gasteiger partial charge in [0.25, 0.3) is 0 Å². The number of Topliss-reactive ketones (excluding diaryl/α,β-unsaturated/α-hetero) is 1. The molecule has 0 saturated carbocycles. The van der Waals surface area contributed by atoms with Gasteiger partial charge in [0.15, 0.2) is 5.78 Å². The first-order valence-corrected chi connectivity index (χ1v) is 9.27. The van der Waals surface area contributed by atoms with Gasteiger partial charge in [0.1, 0.15) is 0 Å². The molecule has 5 nitrogen and oxygen atoms in total. The minimum absolute atomic E-state index is 0.113. The zero-order chi connectivity index (χ0) is 17.2. The molecule has 25 heavy (non-hydrogen) atoms. The normalized spacial score (nSPS) is 14.3. The van der Waals surface area contributed by atoms with E-state index in [-0.39, 0.29) is 11.0 Å². The van der Waals surface area contributed by atoms with Crippen LogP contribution in [0.1, 0.15) is 34.8 Å². The topological polar surface area (TPSA) is 60.7 Å².